The number of likely N-dealkylation sites (N-methyl/N-ethyl adjacent to an activating group) is 1. The molecule has 0 bridgehead atoms. The van der Waals surface area contributed by atoms with Crippen LogP contribution in [0.1, 0.15) is 0 Å². The number of carbonyl (C=O) groups is 1. The van der Waals surface area contributed by atoms with E-state index in [0.29, 0.717) is 59.4 Å². The molecule has 8 nitrogen and oxygen atoms in total. The van der Waals surface area contributed by atoms with Crippen LogP contribution < -0.4 is 19.7 Å². The summed E-state index contributed by atoms with van der Waals surface area (Å²) in [4.78, 5) is 25.5. The molecule has 37 heavy (non-hydrogen) atoms. The van der Waals surface area contributed by atoms with Crippen LogP contribution in [0.5, 0.6) is 17.2 Å². The van der Waals surface area contributed by atoms with Gasteiger partial charge in [-0.15, -0.1) is 0 Å². The summed E-state index contributed by atoms with van der Waals surface area (Å²) in [6, 6.07) is 16.9. The van der Waals surface area contributed by atoms with Crippen molar-refractivity contribution >= 4 is 34.0 Å². The Hall–Kier alpha value is -4.50. The summed E-state index contributed by atoms with van der Waals surface area (Å²) in [5.41, 5.74) is 2.13. The minimum absolute atomic E-state index is 0.106. The molecule has 0 fully saturated rings. The minimum atomic E-state index is -0.359. The van der Waals surface area contributed by atoms with E-state index >= 15 is 0 Å². The number of benzene rings is 3. The summed E-state index contributed by atoms with van der Waals surface area (Å²) in [6.45, 7) is 1.49. The van der Waals surface area contributed by atoms with Gasteiger partial charge >= 0.3 is 0 Å². The predicted molar refractivity (Wildman–Crippen MR) is 141 cm³/mol. The number of rotatable bonds is 7. The van der Waals surface area contributed by atoms with Crippen molar-refractivity contribution in [2.45, 2.75) is 0 Å². The van der Waals surface area contributed by atoms with Gasteiger partial charge in [-0.2, -0.15) is 0 Å². The van der Waals surface area contributed by atoms with Crippen LogP contribution >= 0.6 is 0 Å². The fraction of sp³-hybridized carbons (Fsp3) is 0.179. The molecule has 0 radical (unpaired) electrons. The molecule has 4 aromatic rings. The molecule has 5 rings (SSSR count). The number of hydrogen-bond donors (Lipinski definition) is 1. The molecule has 2 heterocycles. The quantitative estimate of drug-likeness (QED) is 0.352. The van der Waals surface area contributed by atoms with Crippen molar-refractivity contribution in [3.63, 3.8) is 0 Å². The highest BCUT2D eigenvalue weighted by atomic mass is 19.1. The Balaban J connectivity index is 1.41. The predicted octanol–water partition coefficient (Wildman–Crippen LogP) is 5.15. The molecular formula is C28H26FN5O3. The third-order valence-corrected chi connectivity index (χ3v) is 5.73. The molecule has 1 aromatic heterocycles. The molecule has 3 aromatic carbocycles. The van der Waals surface area contributed by atoms with Gasteiger partial charge < -0.3 is 24.6 Å². The smallest absolute Gasteiger partial charge is 0.250 e. The zero-order chi connectivity index (χ0) is 25.8. The Labute approximate surface area is 214 Å². The fourth-order valence-electron chi connectivity index (χ4n) is 4.02. The highest BCUT2D eigenvalue weighted by Gasteiger charge is 2.26. The SMILES string of the molecule is CN(C)C/C=C/C(=O)N1CCOc2c1ccc1ncnc(Nc3ccc(Oc4cccc(F)c4)cc3)c21. The van der Waals surface area contributed by atoms with Crippen molar-refractivity contribution in [3.05, 3.63) is 85.0 Å². The number of aromatic nitrogens is 2. The van der Waals surface area contributed by atoms with Gasteiger partial charge in [-0.1, -0.05) is 12.1 Å². The number of hydrogen-bond acceptors (Lipinski definition) is 7. The molecule has 0 aliphatic carbocycles. The molecule has 0 spiro atoms. The lowest BCUT2D eigenvalue weighted by Gasteiger charge is -2.30. The number of fused-ring (bicyclic) bond motifs is 3. The highest BCUT2D eigenvalue weighted by Crippen LogP contribution is 2.41. The summed E-state index contributed by atoms with van der Waals surface area (Å²) in [5, 5.41) is 4.01. The van der Waals surface area contributed by atoms with E-state index in [4.69, 9.17) is 9.47 Å². The van der Waals surface area contributed by atoms with Crippen molar-refractivity contribution in [2.24, 2.45) is 0 Å². The Kier molecular flexibility index (Phi) is 6.96. The maximum Gasteiger partial charge on any atom is 0.250 e. The third kappa shape index (κ3) is 5.52. The monoisotopic (exact) mass is 499 g/mol. The largest absolute Gasteiger partial charge is 0.489 e. The first kappa shape index (κ1) is 24.2. The molecule has 1 N–H and O–H groups in total. The zero-order valence-corrected chi connectivity index (χ0v) is 20.5. The van der Waals surface area contributed by atoms with Crippen LogP contribution in [-0.2, 0) is 4.79 Å². The maximum atomic E-state index is 13.4. The summed E-state index contributed by atoms with van der Waals surface area (Å²) in [7, 11) is 3.90. The maximum absolute atomic E-state index is 13.4. The number of carbonyl (C=O) groups excluding carboxylic acids is 1. The van der Waals surface area contributed by atoms with Crippen molar-refractivity contribution in [2.75, 3.05) is 44.0 Å². The lowest BCUT2D eigenvalue weighted by molar-refractivity contribution is -0.114. The Morgan fingerprint density at radius 1 is 1.14 bits per heavy atom. The van der Waals surface area contributed by atoms with E-state index in [1.165, 1.54) is 18.5 Å². The van der Waals surface area contributed by atoms with Crippen LogP contribution in [0, 0.1) is 5.82 Å². The second kappa shape index (κ2) is 10.6. The molecule has 0 atom stereocenters. The molecule has 1 aliphatic heterocycles. The van der Waals surface area contributed by atoms with Crippen LogP contribution in [-0.4, -0.2) is 54.6 Å². The Morgan fingerprint density at radius 2 is 1.97 bits per heavy atom. The number of halogens is 1. The van der Waals surface area contributed by atoms with Crippen LogP contribution in [0.15, 0.2) is 79.1 Å². The summed E-state index contributed by atoms with van der Waals surface area (Å²) in [5.74, 6) is 1.64. The van der Waals surface area contributed by atoms with Gasteiger partial charge in [0.25, 0.3) is 5.91 Å². The highest BCUT2D eigenvalue weighted by molar-refractivity contribution is 6.07. The molecule has 0 saturated heterocycles. The molecule has 0 unspecified atom stereocenters. The van der Waals surface area contributed by atoms with Crippen molar-refractivity contribution < 1.29 is 18.7 Å². The third-order valence-electron chi connectivity index (χ3n) is 5.73. The average Bonchev–Trinajstić information content (AvgIpc) is 2.89. The van der Waals surface area contributed by atoms with Gasteiger partial charge in [0, 0.05) is 24.4 Å². The van der Waals surface area contributed by atoms with E-state index in [-0.39, 0.29) is 11.7 Å². The summed E-state index contributed by atoms with van der Waals surface area (Å²) in [6.07, 6.45) is 4.91. The van der Waals surface area contributed by atoms with E-state index in [1.807, 2.05) is 49.3 Å². The van der Waals surface area contributed by atoms with Crippen molar-refractivity contribution in [3.8, 4) is 17.2 Å². The molecular weight excluding hydrogens is 473 g/mol. The van der Waals surface area contributed by atoms with E-state index in [1.54, 1.807) is 35.2 Å². The normalized spacial score (nSPS) is 13.0. The Bertz CT molecular complexity index is 1460. The first-order valence-corrected chi connectivity index (χ1v) is 11.8. The van der Waals surface area contributed by atoms with Gasteiger partial charge in [0.15, 0.2) is 5.75 Å². The van der Waals surface area contributed by atoms with Crippen molar-refractivity contribution in [1.82, 2.24) is 14.9 Å². The first-order valence-electron chi connectivity index (χ1n) is 11.8. The van der Waals surface area contributed by atoms with Gasteiger partial charge in [0.05, 0.1) is 23.1 Å². The van der Waals surface area contributed by atoms with E-state index in [0.717, 1.165) is 5.69 Å². The number of nitrogens with one attached hydrogen (secondary N) is 1. The second-order valence-corrected chi connectivity index (χ2v) is 8.74. The minimum Gasteiger partial charge on any atom is -0.489 e. The van der Waals surface area contributed by atoms with Crippen LogP contribution in [0.4, 0.5) is 21.6 Å². The standard InChI is InChI=1S/C28H26FN5O3/c1-33(2)14-4-7-25(35)34-15-16-36-27-24(34)13-12-23-26(27)28(31-18-30-23)32-20-8-10-21(11-9-20)37-22-6-3-5-19(29)17-22/h3-13,17-18H,14-16H2,1-2H3,(H,30,31,32)/b7-4+. The zero-order valence-electron chi connectivity index (χ0n) is 20.5. The van der Waals surface area contributed by atoms with Gasteiger partial charge in [-0.05, 0) is 62.6 Å². The second-order valence-electron chi connectivity index (χ2n) is 8.74. The Morgan fingerprint density at radius 3 is 2.76 bits per heavy atom. The molecule has 188 valence electrons. The van der Waals surface area contributed by atoms with Crippen molar-refractivity contribution in [1.29, 1.82) is 0 Å². The fourth-order valence-corrected chi connectivity index (χ4v) is 4.02. The van der Waals surface area contributed by atoms with Gasteiger partial charge in [0.2, 0.25) is 0 Å². The van der Waals surface area contributed by atoms with Gasteiger partial charge in [-0.25, -0.2) is 14.4 Å². The molecule has 1 aliphatic rings. The van der Waals surface area contributed by atoms with Gasteiger partial charge in [-0.3, -0.25) is 4.79 Å². The first-order chi connectivity index (χ1) is 18.0. The van der Waals surface area contributed by atoms with E-state index in [2.05, 4.69) is 15.3 Å². The average molecular weight is 500 g/mol. The molecule has 9 heteroatoms. The number of amides is 1. The lowest BCUT2D eigenvalue weighted by atomic mass is 10.1. The van der Waals surface area contributed by atoms with E-state index in [9.17, 15) is 9.18 Å². The van der Waals surface area contributed by atoms with Crippen LogP contribution in [0.2, 0.25) is 0 Å². The van der Waals surface area contributed by atoms with Crippen LogP contribution in [0.3, 0.4) is 0 Å². The van der Waals surface area contributed by atoms with E-state index < -0.39 is 0 Å². The lowest BCUT2D eigenvalue weighted by Crippen LogP contribution is -2.37. The number of anilines is 3. The summed E-state index contributed by atoms with van der Waals surface area (Å²) < 4.78 is 25.2. The number of nitrogens with zero attached hydrogens (tertiary/aromatic N) is 4. The summed E-state index contributed by atoms with van der Waals surface area (Å²) >= 11 is 0. The van der Waals surface area contributed by atoms with Crippen LogP contribution in [0.25, 0.3) is 10.9 Å². The van der Waals surface area contributed by atoms with Gasteiger partial charge in [0.1, 0.15) is 36.1 Å². The molecule has 0 saturated carbocycles. The molecule has 1 amide bonds. The number of ether oxygens (including phenoxy) is 2. The topological polar surface area (TPSA) is 79.8 Å².